The SMILES string of the molecule is O=C(Nc1ccc(Cl)c(C(F)(F)F)c1)c1ccccc1CSC1=NCCS1. The van der Waals surface area contributed by atoms with E-state index in [1.807, 2.05) is 12.1 Å². The Morgan fingerprint density at radius 3 is 2.74 bits per heavy atom. The minimum atomic E-state index is -4.59. The van der Waals surface area contributed by atoms with Gasteiger partial charge in [-0.3, -0.25) is 9.79 Å². The lowest BCUT2D eigenvalue weighted by atomic mass is 10.1. The van der Waals surface area contributed by atoms with Gasteiger partial charge in [0.15, 0.2) is 0 Å². The summed E-state index contributed by atoms with van der Waals surface area (Å²) in [5.41, 5.74) is 0.259. The van der Waals surface area contributed by atoms with Gasteiger partial charge in [-0.1, -0.05) is 53.3 Å². The number of rotatable bonds is 4. The molecule has 3 rings (SSSR count). The van der Waals surface area contributed by atoms with Gasteiger partial charge in [0, 0.05) is 22.8 Å². The van der Waals surface area contributed by atoms with E-state index in [1.54, 1.807) is 35.7 Å². The molecule has 0 unspecified atom stereocenters. The van der Waals surface area contributed by atoms with Crippen LogP contribution in [-0.2, 0) is 11.9 Å². The number of benzene rings is 2. The maximum absolute atomic E-state index is 13.0. The van der Waals surface area contributed by atoms with E-state index in [2.05, 4.69) is 10.3 Å². The lowest BCUT2D eigenvalue weighted by Crippen LogP contribution is -2.15. The van der Waals surface area contributed by atoms with Gasteiger partial charge < -0.3 is 5.32 Å². The second-order valence-corrected chi connectivity index (χ2v) is 8.30. The highest BCUT2D eigenvalue weighted by atomic mass is 35.5. The van der Waals surface area contributed by atoms with E-state index in [1.165, 1.54) is 6.07 Å². The summed E-state index contributed by atoms with van der Waals surface area (Å²) < 4.78 is 39.9. The molecule has 1 amide bonds. The third kappa shape index (κ3) is 5.21. The summed E-state index contributed by atoms with van der Waals surface area (Å²) in [6.07, 6.45) is -4.59. The van der Waals surface area contributed by atoms with E-state index >= 15 is 0 Å². The predicted octanol–water partition coefficient (Wildman–Crippen LogP) is 5.95. The van der Waals surface area contributed by atoms with Crippen molar-refractivity contribution >= 4 is 51.1 Å². The molecule has 0 spiro atoms. The van der Waals surface area contributed by atoms with Gasteiger partial charge in [-0.25, -0.2) is 0 Å². The van der Waals surface area contributed by atoms with Gasteiger partial charge in [0.1, 0.15) is 4.38 Å². The number of nitrogens with one attached hydrogen (secondary N) is 1. The van der Waals surface area contributed by atoms with E-state index in [0.717, 1.165) is 34.4 Å². The summed E-state index contributed by atoms with van der Waals surface area (Å²) in [7, 11) is 0. The maximum atomic E-state index is 13.0. The minimum Gasteiger partial charge on any atom is -0.322 e. The quantitative estimate of drug-likeness (QED) is 0.651. The molecule has 1 heterocycles. The maximum Gasteiger partial charge on any atom is 0.417 e. The van der Waals surface area contributed by atoms with E-state index in [4.69, 9.17) is 11.6 Å². The van der Waals surface area contributed by atoms with Crippen LogP contribution in [0.25, 0.3) is 0 Å². The third-order valence-corrected chi connectivity index (χ3v) is 6.33. The average Bonchev–Trinajstić information content (AvgIpc) is 3.14. The van der Waals surface area contributed by atoms with Crippen molar-refractivity contribution in [3.63, 3.8) is 0 Å². The summed E-state index contributed by atoms with van der Waals surface area (Å²) in [5.74, 6) is 1.05. The normalized spacial score (nSPS) is 14.1. The van der Waals surface area contributed by atoms with Crippen LogP contribution in [0.4, 0.5) is 18.9 Å². The Hall–Kier alpha value is -1.64. The summed E-state index contributed by atoms with van der Waals surface area (Å²) in [5, 5.41) is 2.11. The molecule has 0 bridgehead atoms. The Kier molecular flexibility index (Phi) is 6.39. The van der Waals surface area contributed by atoms with Crippen LogP contribution in [0.15, 0.2) is 47.5 Å². The molecule has 9 heteroatoms. The zero-order valence-corrected chi connectivity index (χ0v) is 16.2. The molecule has 27 heavy (non-hydrogen) atoms. The molecular formula is C18H14ClF3N2OS2. The molecule has 0 fully saturated rings. The number of alkyl halides is 3. The van der Waals surface area contributed by atoms with Gasteiger partial charge in [-0.2, -0.15) is 13.2 Å². The molecule has 0 saturated heterocycles. The van der Waals surface area contributed by atoms with Crippen molar-refractivity contribution in [2.45, 2.75) is 11.9 Å². The topological polar surface area (TPSA) is 41.5 Å². The van der Waals surface area contributed by atoms with Gasteiger partial charge in [-0.15, -0.1) is 0 Å². The summed E-state index contributed by atoms with van der Waals surface area (Å²) in [6.45, 7) is 0.799. The van der Waals surface area contributed by atoms with Crippen molar-refractivity contribution in [3.8, 4) is 0 Å². The third-order valence-electron chi connectivity index (χ3n) is 3.70. The fourth-order valence-corrected chi connectivity index (χ4v) is 4.67. The van der Waals surface area contributed by atoms with Crippen molar-refractivity contribution in [3.05, 3.63) is 64.2 Å². The van der Waals surface area contributed by atoms with E-state index < -0.39 is 22.7 Å². The predicted molar refractivity (Wildman–Crippen MR) is 107 cm³/mol. The van der Waals surface area contributed by atoms with Crippen molar-refractivity contribution in [1.82, 2.24) is 0 Å². The fourth-order valence-electron chi connectivity index (χ4n) is 2.43. The van der Waals surface area contributed by atoms with E-state index in [0.29, 0.717) is 11.3 Å². The number of thioether (sulfide) groups is 2. The van der Waals surface area contributed by atoms with E-state index in [-0.39, 0.29) is 5.69 Å². The monoisotopic (exact) mass is 430 g/mol. The lowest BCUT2D eigenvalue weighted by Gasteiger charge is -2.13. The van der Waals surface area contributed by atoms with Crippen LogP contribution in [0, 0.1) is 0 Å². The Morgan fingerprint density at radius 1 is 1.26 bits per heavy atom. The van der Waals surface area contributed by atoms with Crippen LogP contribution in [-0.4, -0.2) is 22.6 Å². The Balaban J connectivity index is 1.77. The van der Waals surface area contributed by atoms with Gasteiger partial charge in [0.25, 0.3) is 5.91 Å². The summed E-state index contributed by atoms with van der Waals surface area (Å²) >= 11 is 8.84. The van der Waals surface area contributed by atoms with E-state index in [9.17, 15) is 18.0 Å². The molecule has 1 N–H and O–H groups in total. The highest BCUT2D eigenvalue weighted by Gasteiger charge is 2.33. The van der Waals surface area contributed by atoms with Gasteiger partial charge >= 0.3 is 6.18 Å². The van der Waals surface area contributed by atoms with Crippen molar-refractivity contribution in [2.75, 3.05) is 17.6 Å². The Bertz CT molecular complexity index is 887. The number of anilines is 1. The first-order chi connectivity index (χ1) is 12.8. The molecule has 0 radical (unpaired) electrons. The number of aliphatic imine (C=N–C) groups is 1. The van der Waals surface area contributed by atoms with Gasteiger partial charge in [0.05, 0.1) is 17.1 Å². The molecular weight excluding hydrogens is 417 g/mol. The number of amides is 1. The number of nitrogens with zero attached hydrogens (tertiary/aromatic N) is 1. The second-order valence-electron chi connectivity index (χ2n) is 5.59. The van der Waals surface area contributed by atoms with Crippen LogP contribution < -0.4 is 5.32 Å². The Labute approximate surface area is 167 Å². The van der Waals surface area contributed by atoms with Crippen LogP contribution in [0.3, 0.4) is 0 Å². The molecule has 1 aliphatic rings. The summed E-state index contributed by atoms with van der Waals surface area (Å²) in [6, 6.07) is 10.3. The number of hydrogen-bond acceptors (Lipinski definition) is 4. The zero-order valence-electron chi connectivity index (χ0n) is 13.8. The van der Waals surface area contributed by atoms with Crippen molar-refractivity contribution in [1.29, 1.82) is 0 Å². The molecule has 3 nitrogen and oxygen atoms in total. The average molecular weight is 431 g/mol. The number of hydrogen-bond donors (Lipinski definition) is 1. The molecule has 2 aromatic rings. The first-order valence-electron chi connectivity index (χ1n) is 7.90. The number of halogens is 4. The first-order valence-corrected chi connectivity index (χ1v) is 10.3. The van der Waals surface area contributed by atoms with Gasteiger partial charge in [-0.05, 0) is 29.8 Å². The molecule has 0 saturated carbocycles. The van der Waals surface area contributed by atoms with Crippen molar-refractivity contribution < 1.29 is 18.0 Å². The first kappa shape index (κ1) is 20.1. The standard InChI is InChI=1S/C18H14ClF3N2OS2/c19-15-6-5-12(9-14(15)18(20,21)22)24-16(25)13-4-2-1-3-11(13)10-27-17-23-7-8-26-17/h1-6,9H,7-8,10H2,(H,24,25). The molecule has 1 aliphatic heterocycles. The molecule has 142 valence electrons. The molecule has 0 aromatic heterocycles. The minimum absolute atomic E-state index is 0.0369. The van der Waals surface area contributed by atoms with Crippen LogP contribution in [0.2, 0.25) is 5.02 Å². The number of carbonyl (C=O) groups excluding carboxylic acids is 1. The molecule has 0 atom stereocenters. The highest BCUT2D eigenvalue weighted by molar-refractivity contribution is 8.38. The van der Waals surface area contributed by atoms with Crippen molar-refractivity contribution in [2.24, 2.45) is 4.99 Å². The molecule has 2 aromatic carbocycles. The molecule has 0 aliphatic carbocycles. The van der Waals surface area contributed by atoms with Gasteiger partial charge in [0.2, 0.25) is 0 Å². The highest BCUT2D eigenvalue weighted by Crippen LogP contribution is 2.36. The summed E-state index contributed by atoms with van der Waals surface area (Å²) in [4.78, 5) is 17.0. The van der Waals surface area contributed by atoms with Crippen LogP contribution in [0.5, 0.6) is 0 Å². The van der Waals surface area contributed by atoms with Crippen LogP contribution in [0.1, 0.15) is 21.5 Å². The zero-order chi connectivity index (χ0) is 19.4. The largest absolute Gasteiger partial charge is 0.417 e. The smallest absolute Gasteiger partial charge is 0.322 e. The second kappa shape index (κ2) is 8.58. The Morgan fingerprint density at radius 2 is 2.04 bits per heavy atom. The lowest BCUT2D eigenvalue weighted by molar-refractivity contribution is -0.137. The van der Waals surface area contributed by atoms with Crippen LogP contribution >= 0.6 is 35.1 Å². The fraction of sp³-hybridized carbons (Fsp3) is 0.222. The number of carbonyl (C=O) groups is 1.